The number of hydrogen-bond donors (Lipinski definition) is 0. The summed E-state index contributed by atoms with van der Waals surface area (Å²) in [5.41, 5.74) is 3.00. The van der Waals surface area contributed by atoms with Gasteiger partial charge in [-0.2, -0.15) is 4.39 Å². The minimum atomic E-state index is -0.222. The fourth-order valence-electron chi connectivity index (χ4n) is 3.18. The van der Waals surface area contributed by atoms with Crippen molar-refractivity contribution in [1.82, 2.24) is 9.47 Å². The third kappa shape index (κ3) is 2.52. The summed E-state index contributed by atoms with van der Waals surface area (Å²) in [6.45, 7) is 8.35. The average molecular weight is 313 g/mol. The van der Waals surface area contributed by atoms with Gasteiger partial charge in [0.1, 0.15) is 12.0 Å². The van der Waals surface area contributed by atoms with Crippen molar-refractivity contribution in [3.63, 3.8) is 0 Å². The molecule has 1 aromatic carbocycles. The van der Waals surface area contributed by atoms with Gasteiger partial charge < -0.3 is 9.80 Å². The van der Waals surface area contributed by atoms with Crippen LogP contribution in [0.3, 0.4) is 0 Å². The highest BCUT2D eigenvalue weighted by atomic mass is 19.1. The molecule has 0 unspecified atom stereocenters. The number of rotatable bonds is 3. The number of hydrogen-bond acceptors (Lipinski definition) is 2. The van der Waals surface area contributed by atoms with E-state index in [1.54, 1.807) is 10.6 Å². The zero-order chi connectivity index (χ0) is 16.7. The second-order valence-corrected chi connectivity index (χ2v) is 6.53. The van der Waals surface area contributed by atoms with E-state index in [2.05, 4.69) is 36.6 Å². The van der Waals surface area contributed by atoms with E-state index in [0.29, 0.717) is 5.92 Å². The van der Waals surface area contributed by atoms with Crippen LogP contribution in [0.25, 0.3) is 5.69 Å². The standard InChI is InChI=1S/C19H24FN3/c1-13(2)16-8-6-7-9-17(16)23-18(20)12-14(3)19(23)22-11-10-21(5)15(22)4/h6-13,15H,1-5H3/t15-/m0/s1. The van der Waals surface area contributed by atoms with Gasteiger partial charge in [0.25, 0.3) is 0 Å². The van der Waals surface area contributed by atoms with Crippen molar-refractivity contribution in [3.8, 4) is 5.69 Å². The van der Waals surface area contributed by atoms with E-state index < -0.39 is 0 Å². The normalized spacial score (nSPS) is 17.6. The Morgan fingerprint density at radius 1 is 1.13 bits per heavy atom. The number of nitrogens with zero attached hydrogens (tertiary/aromatic N) is 3. The zero-order valence-electron chi connectivity index (χ0n) is 14.4. The molecular weight excluding hydrogens is 289 g/mol. The van der Waals surface area contributed by atoms with Crippen LogP contribution in [0.2, 0.25) is 0 Å². The van der Waals surface area contributed by atoms with E-state index in [0.717, 1.165) is 22.6 Å². The summed E-state index contributed by atoms with van der Waals surface area (Å²) in [5.74, 6) is 1.000. The summed E-state index contributed by atoms with van der Waals surface area (Å²) in [4.78, 5) is 4.23. The van der Waals surface area contributed by atoms with Crippen LogP contribution < -0.4 is 4.90 Å². The molecule has 1 aliphatic rings. The zero-order valence-corrected chi connectivity index (χ0v) is 14.4. The topological polar surface area (TPSA) is 11.4 Å². The Morgan fingerprint density at radius 2 is 1.83 bits per heavy atom. The molecule has 3 rings (SSSR count). The van der Waals surface area contributed by atoms with E-state index in [9.17, 15) is 4.39 Å². The predicted molar refractivity (Wildman–Crippen MR) is 93.4 cm³/mol. The van der Waals surface area contributed by atoms with Gasteiger partial charge >= 0.3 is 0 Å². The maximum Gasteiger partial charge on any atom is 0.200 e. The van der Waals surface area contributed by atoms with Crippen molar-refractivity contribution in [2.75, 3.05) is 11.9 Å². The first kappa shape index (κ1) is 15.7. The van der Waals surface area contributed by atoms with Gasteiger partial charge in [0.2, 0.25) is 0 Å². The summed E-state index contributed by atoms with van der Waals surface area (Å²) >= 11 is 0. The third-order valence-electron chi connectivity index (χ3n) is 4.61. The summed E-state index contributed by atoms with van der Waals surface area (Å²) < 4.78 is 16.5. The van der Waals surface area contributed by atoms with Crippen LogP contribution in [0, 0.1) is 12.9 Å². The van der Waals surface area contributed by atoms with Gasteiger partial charge in [0, 0.05) is 19.4 Å². The lowest BCUT2D eigenvalue weighted by Gasteiger charge is -2.29. The minimum Gasteiger partial charge on any atom is -0.359 e. The number of para-hydroxylation sites is 1. The van der Waals surface area contributed by atoms with Crippen molar-refractivity contribution >= 4 is 5.82 Å². The highest BCUT2D eigenvalue weighted by Crippen LogP contribution is 2.35. The molecule has 0 bridgehead atoms. The van der Waals surface area contributed by atoms with Gasteiger partial charge in [-0.1, -0.05) is 32.0 Å². The molecule has 1 aromatic heterocycles. The molecule has 0 radical (unpaired) electrons. The highest BCUT2D eigenvalue weighted by molar-refractivity contribution is 5.60. The van der Waals surface area contributed by atoms with Gasteiger partial charge in [-0.25, -0.2) is 0 Å². The first-order chi connectivity index (χ1) is 10.9. The largest absolute Gasteiger partial charge is 0.359 e. The summed E-state index contributed by atoms with van der Waals surface area (Å²) in [5, 5.41) is 0. The number of aryl methyl sites for hydroxylation is 1. The van der Waals surface area contributed by atoms with Crippen molar-refractivity contribution in [3.05, 3.63) is 59.8 Å². The molecule has 3 nitrogen and oxygen atoms in total. The Balaban J connectivity index is 2.20. The first-order valence-electron chi connectivity index (χ1n) is 8.07. The number of halogens is 1. The van der Waals surface area contributed by atoms with E-state index in [1.165, 1.54) is 0 Å². The van der Waals surface area contributed by atoms with E-state index in [-0.39, 0.29) is 12.1 Å². The third-order valence-corrected chi connectivity index (χ3v) is 4.61. The van der Waals surface area contributed by atoms with Crippen LogP contribution in [0.1, 0.15) is 37.8 Å². The van der Waals surface area contributed by atoms with Crippen molar-refractivity contribution in [2.24, 2.45) is 0 Å². The Morgan fingerprint density at radius 3 is 2.43 bits per heavy atom. The molecule has 2 aromatic rings. The fraction of sp³-hybridized carbons (Fsp3) is 0.368. The molecule has 0 spiro atoms. The second-order valence-electron chi connectivity index (χ2n) is 6.53. The number of aromatic nitrogens is 1. The summed E-state index contributed by atoms with van der Waals surface area (Å²) in [6, 6.07) is 9.67. The van der Waals surface area contributed by atoms with Gasteiger partial charge in [0.05, 0.1) is 5.69 Å². The molecule has 2 heterocycles. The van der Waals surface area contributed by atoms with Crippen LogP contribution >= 0.6 is 0 Å². The van der Waals surface area contributed by atoms with E-state index in [4.69, 9.17) is 0 Å². The lowest BCUT2D eigenvalue weighted by Crippen LogP contribution is -2.35. The molecule has 0 saturated carbocycles. The smallest absolute Gasteiger partial charge is 0.200 e. The molecule has 0 amide bonds. The Kier molecular flexibility index (Phi) is 3.92. The van der Waals surface area contributed by atoms with Crippen LogP contribution in [0.4, 0.5) is 10.2 Å². The molecule has 0 fully saturated rings. The predicted octanol–water partition coefficient (Wildman–Crippen LogP) is 4.62. The minimum absolute atomic E-state index is 0.160. The number of anilines is 1. The second kappa shape index (κ2) is 5.76. The fourth-order valence-corrected chi connectivity index (χ4v) is 3.18. The van der Waals surface area contributed by atoms with Crippen LogP contribution in [-0.2, 0) is 0 Å². The lowest BCUT2D eigenvalue weighted by molar-refractivity contribution is 0.380. The van der Waals surface area contributed by atoms with E-state index >= 15 is 0 Å². The van der Waals surface area contributed by atoms with Crippen LogP contribution in [0.15, 0.2) is 42.7 Å². The molecule has 23 heavy (non-hydrogen) atoms. The van der Waals surface area contributed by atoms with Crippen molar-refractivity contribution < 1.29 is 4.39 Å². The van der Waals surface area contributed by atoms with Crippen LogP contribution in [0.5, 0.6) is 0 Å². The number of benzene rings is 1. The monoisotopic (exact) mass is 313 g/mol. The van der Waals surface area contributed by atoms with Gasteiger partial charge in [-0.05, 0) is 43.0 Å². The first-order valence-corrected chi connectivity index (χ1v) is 8.07. The lowest BCUT2D eigenvalue weighted by atomic mass is 10.0. The molecule has 4 heteroatoms. The Hall–Kier alpha value is -2.23. The molecule has 0 aliphatic carbocycles. The Bertz CT molecular complexity index is 745. The maximum absolute atomic E-state index is 14.8. The van der Waals surface area contributed by atoms with E-state index in [1.807, 2.05) is 44.6 Å². The van der Waals surface area contributed by atoms with Gasteiger partial charge in [-0.15, -0.1) is 0 Å². The highest BCUT2D eigenvalue weighted by Gasteiger charge is 2.27. The average Bonchev–Trinajstić information content (AvgIpc) is 2.98. The Labute approximate surface area is 137 Å². The van der Waals surface area contributed by atoms with Gasteiger partial charge in [0.15, 0.2) is 5.95 Å². The van der Waals surface area contributed by atoms with Crippen molar-refractivity contribution in [2.45, 2.75) is 39.8 Å². The molecule has 122 valence electrons. The van der Waals surface area contributed by atoms with Crippen molar-refractivity contribution in [1.29, 1.82) is 0 Å². The molecule has 0 N–H and O–H groups in total. The van der Waals surface area contributed by atoms with Crippen LogP contribution in [-0.4, -0.2) is 22.7 Å². The van der Waals surface area contributed by atoms with Gasteiger partial charge in [-0.3, -0.25) is 4.57 Å². The SMILES string of the molecule is Cc1cc(F)n(-c2ccccc2C(C)C)c1N1C=CN(C)[C@@H]1C. The molecular formula is C19H24FN3. The molecule has 1 atom stereocenters. The quantitative estimate of drug-likeness (QED) is 0.819. The molecule has 1 aliphatic heterocycles. The molecule has 0 saturated heterocycles. The summed E-state index contributed by atoms with van der Waals surface area (Å²) in [7, 11) is 2.03. The summed E-state index contributed by atoms with van der Waals surface area (Å²) in [6.07, 6.45) is 4.20. The maximum atomic E-state index is 14.8.